The summed E-state index contributed by atoms with van der Waals surface area (Å²) in [7, 11) is 0. The van der Waals surface area contributed by atoms with Crippen LogP contribution in [0.25, 0.3) is 22.4 Å². The van der Waals surface area contributed by atoms with Gasteiger partial charge in [-0.05, 0) is 39.3 Å². The van der Waals surface area contributed by atoms with Crippen LogP contribution in [-0.4, -0.2) is 38.8 Å². The maximum absolute atomic E-state index is 12.6. The van der Waals surface area contributed by atoms with Gasteiger partial charge in [-0.15, -0.1) is 0 Å². The first-order chi connectivity index (χ1) is 13.3. The third-order valence-corrected chi connectivity index (χ3v) is 4.64. The number of aromatic amines is 1. The minimum Gasteiger partial charge on any atom is -0.347 e. The summed E-state index contributed by atoms with van der Waals surface area (Å²) in [5, 5.41) is 2.95. The molecule has 2 aromatic heterocycles. The number of amides is 2. The van der Waals surface area contributed by atoms with E-state index in [0.717, 1.165) is 24.2 Å². The lowest BCUT2D eigenvalue weighted by Crippen LogP contribution is -2.40. The maximum Gasteiger partial charge on any atom is 0.255 e. The molecule has 1 fully saturated rings. The topological polar surface area (TPSA) is 91.0 Å². The molecule has 7 nitrogen and oxygen atoms in total. The first-order valence-electron chi connectivity index (χ1n) is 9.39. The molecule has 0 saturated carbocycles. The van der Waals surface area contributed by atoms with Gasteiger partial charge in [0.2, 0.25) is 5.91 Å². The van der Waals surface area contributed by atoms with Crippen LogP contribution in [0.5, 0.6) is 0 Å². The molecule has 1 aliphatic heterocycles. The van der Waals surface area contributed by atoms with Gasteiger partial charge < -0.3 is 15.2 Å². The fourth-order valence-electron chi connectivity index (χ4n) is 3.37. The van der Waals surface area contributed by atoms with Crippen molar-refractivity contribution in [3.63, 3.8) is 0 Å². The molecule has 2 amide bonds. The minimum absolute atomic E-state index is 0.144. The summed E-state index contributed by atoms with van der Waals surface area (Å²) in [4.78, 5) is 38.6. The molecule has 7 heteroatoms. The Bertz CT molecular complexity index is 1060. The van der Waals surface area contributed by atoms with Crippen LogP contribution in [0.15, 0.2) is 36.7 Å². The Balaban J connectivity index is 1.71. The van der Waals surface area contributed by atoms with Crippen molar-refractivity contribution in [1.29, 1.82) is 0 Å². The number of hydrogen-bond donors (Lipinski definition) is 2. The Hall–Kier alpha value is -3.22. The van der Waals surface area contributed by atoms with E-state index in [1.54, 1.807) is 17.3 Å². The molecular formula is C21H23N5O2. The van der Waals surface area contributed by atoms with Gasteiger partial charge in [-0.25, -0.2) is 9.97 Å². The van der Waals surface area contributed by atoms with E-state index in [0.29, 0.717) is 28.8 Å². The van der Waals surface area contributed by atoms with Gasteiger partial charge in [-0.2, -0.15) is 0 Å². The van der Waals surface area contributed by atoms with Crippen molar-refractivity contribution >= 4 is 28.7 Å². The summed E-state index contributed by atoms with van der Waals surface area (Å²) in [6.45, 7) is 6.54. The van der Waals surface area contributed by atoms with Crippen molar-refractivity contribution in [3.8, 4) is 11.3 Å². The van der Waals surface area contributed by atoms with Crippen molar-refractivity contribution in [3.05, 3.63) is 42.2 Å². The average molecular weight is 377 g/mol. The van der Waals surface area contributed by atoms with Gasteiger partial charge in [-0.3, -0.25) is 9.59 Å². The van der Waals surface area contributed by atoms with E-state index in [4.69, 9.17) is 0 Å². The van der Waals surface area contributed by atoms with Crippen molar-refractivity contribution in [2.24, 2.45) is 0 Å². The van der Waals surface area contributed by atoms with Crippen molar-refractivity contribution in [2.45, 2.75) is 39.2 Å². The average Bonchev–Trinajstić information content (AvgIpc) is 3.26. The molecule has 1 aliphatic rings. The zero-order valence-electron chi connectivity index (χ0n) is 16.2. The number of benzene rings is 1. The predicted octanol–water partition coefficient (Wildman–Crippen LogP) is 3.28. The molecule has 0 unspecified atom stereocenters. The van der Waals surface area contributed by atoms with Crippen LogP contribution >= 0.6 is 0 Å². The zero-order chi connectivity index (χ0) is 19.9. The number of fused-ring (bicyclic) bond motifs is 1. The van der Waals surface area contributed by atoms with E-state index in [2.05, 4.69) is 20.3 Å². The Labute approximate surface area is 163 Å². The Kier molecular flexibility index (Phi) is 4.37. The summed E-state index contributed by atoms with van der Waals surface area (Å²) < 4.78 is 0. The van der Waals surface area contributed by atoms with Crippen LogP contribution in [0.4, 0.5) is 5.69 Å². The molecule has 144 valence electrons. The number of carbonyl (C=O) groups excluding carboxylic acids is 2. The molecule has 28 heavy (non-hydrogen) atoms. The van der Waals surface area contributed by atoms with Crippen LogP contribution in [0.2, 0.25) is 0 Å². The fraction of sp³-hybridized carbons (Fsp3) is 0.333. The second-order valence-corrected chi connectivity index (χ2v) is 8.06. The Morgan fingerprint density at radius 2 is 2.11 bits per heavy atom. The summed E-state index contributed by atoms with van der Waals surface area (Å²) in [5.41, 5.74) is 3.59. The monoisotopic (exact) mass is 377 g/mol. The van der Waals surface area contributed by atoms with E-state index >= 15 is 0 Å². The van der Waals surface area contributed by atoms with Gasteiger partial charge in [0.15, 0.2) is 5.65 Å². The summed E-state index contributed by atoms with van der Waals surface area (Å²) in [5.74, 6) is -0.0490. The van der Waals surface area contributed by atoms with Crippen molar-refractivity contribution in [2.75, 3.05) is 11.4 Å². The number of carbonyl (C=O) groups is 2. The van der Waals surface area contributed by atoms with Crippen LogP contribution < -0.4 is 10.2 Å². The SMILES string of the molecule is CC(C)(C)NC(=O)c1c[nH]c2ncc(-c3cccc(N4CCCC4=O)c3)nc12. The number of anilines is 1. The highest BCUT2D eigenvalue weighted by Gasteiger charge is 2.23. The number of nitrogens with one attached hydrogen (secondary N) is 2. The van der Waals surface area contributed by atoms with E-state index in [-0.39, 0.29) is 17.4 Å². The van der Waals surface area contributed by atoms with Gasteiger partial charge in [0, 0.05) is 36.0 Å². The largest absolute Gasteiger partial charge is 0.347 e. The second-order valence-electron chi connectivity index (χ2n) is 8.06. The lowest BCUT2D eigenvalue weighted by Gasteiger charge is -2.20. The molecule has 3 aromatic rings. The van der Waals surface area contributed by atoms with Gasteiger partial charge >= 0.3 is 0 Å². The van der Waals surface area contributed by atoms with Crippen LogP contribution in [0, 0.1) is 0 Å². The fourth-order valence-corrected chi connectivity index (χ4v) is 3.37. The Morgan fingerprint density at radius 1 is 1.29 bits per heavy atom. The minimum atomic E-state index is -0.345. The normalized spacial score (nSPS) is 14.7. The summed E-state index contributed by atoms with van der Waals surface area (Å²) in [6, 6.07) is 7.71. The molecule has 4 rings (SSSR count). The number of rotatable bonds is 3. The van der Waals surface area contributed by atoms with Crippen molar-refractivity contribution < 1.29 is 9.59 Å². The standard InChI is InChI=1S/C21H23N5O2/c1-21(2,3)25-20(28)15-11-22-19-18(15)24-16(12-23-19)13-6-4-7-14(10-13)26-9-5-8-17(26)27/h4,6-7,10-12H,5,8-9H2,1-3H3,(H,22,23)(H,25,28). The van der Waals surface area contributed by atoms with Gasteiger partial charge in [0.05, 0.1) is 17.5 Å². The molecule has 3 heterocycles. The Morgan fingerprint density at radius 3 is 2.82 bits per heavy atom. The maximum atomic E-state index is 12.6. The molecule has 0 atom stereocenters. The van der Waals surface area contributed by atoms with Gasteiger partial charge in [-0.1, -0.05) is 12.1 Å². The van der Waals surface area contributed by atoms with E-state index in [9.17, 15) is 9.59 Å². The third kappa shape index (κ3) is 3.47. The second kappa shape index (κ2) is 6.74. The van der Waals surface area contributed by atoms with Crippen molar-refractivity contribution in [1.82, 2.24) is 20.3 Å². The molecular weight excluding hydrogens is 354 g/mol. The lowest BCUT2D eigenvalue weighted by molar-refractivity contribution is -0.117. The number of nitrogens with zero attached hydrogens (tertiary/aromatic N) is 3. The molecule has 2 N–H and O–H groups in total. The predicted molar refractivity (Wildman–Crippen MR) is 108 cm³/mol. The first kappa shape index (κ1) is 18.2. The molecule has 0 spiro atoms. The molecule has 0 aliphatic carbocycles. The first-order valence-corrected chi connectivity index (χ1v) is 9.39. The highest BCUT2D eigenvalue weighted by Crippen LogP contribution is 2.27. The van der Waals surface area contributed by atoms with E-state index in [1.165, 1.54) is 0 Å². The summed E-state index contributed by atoms with van der Waals surface area (Å²) in [6.07, 6.45) is 4.78. The molecule has 1 saturated heterocycles. The van der Waals surface area contributed by atoms with E-state index in [1.807, 2.05) is 45.0 Å². The number of aromatic nitrogens is 3. The van der Waals surface area contributed by atoms with Crippen LogP contribution in [0.3, 0.4) is 0 Å². The molecule has 0 bridgehead atoms. The highest BCUT2D eigenvalue weighted by atomic mass is 16.2. The zero-order valence-corrected chi connectivity index (χ0v) is 16.2. The van der Waals surface area contributed by atoms with E-state index < -0.39 is 0 Å². The van der Waals surface area contributed by atoms with Crippen LogP contribution in [0.1, 0.15) is 44.0 Å². The highest BCUT2D eigenvalue weighted by molar-refractivity contribution is 6.05. The number of H-pyrrole nitrogens is 1. The quantitative estimate of drug-likeness (QED) is 0.733. The third-order valence-electron chi connectivity index (χ3n) is 4.64. The molecule has 1 aromatic carbocycles. The van der Waals surface area contributed by atoms with Gasteiger partial charge in [0.25, 0.3) is 5.91 Å². The van der Waals surface area contributed by atoms with Crippen LogP contribution in [-0.2, 0) is 4.79 Å². The van der Waals surface area contributed by atoms with Gasteiger partial charge in [0.1, 0.15) is 5.52 Å². The lowest BCUT2D eigenvalue weighted by atomic mass is 10.1. The smallest absolute Gasteiger partial charge is 0.255 e. The molecule has 0 radical (unpaired) electrons. The summed E-state index contributed by atoms with van der Waals surface area (Å²) >= 11 is 0. The number of hydrogen-bond acceptors (Lipinski definition) is 4.